The fourth-order valence-electron chi connectivity index (χ4n) is 0.592. The van der Waals surface area contributed by atoms with Crippen molar-refractivity contribution in [2.24, 2.45) is 0 Å². The molecule has 1 heterocycles. The van der Waals surface area contributed by atoms with Crippen LogP contribution >= 0.6 is 0 Å². The zero-order chi connectivity index (χ0) is 8.27. The summed E-state index contributed by atoms with van der Waals surface area (Å²) >= 11 is 0. The number of rotatable bonds is 2. The third kappa shape index (κ3) is 1.61. The zero-order valence-corrected chi connectivity index (χ0v) is 5.61. The summed E-state index contributed by atoms with van der Waals surface area (Å²) in [4.78, 5) is 9.70. The van der Waals surface area contributed by atoms with Crippen LogP contribution in [0.4, 0.5) is 0 Å². The number of hydrogen-bond donors (Lipinski definition) is 1. The van der Waals surface area contributed by atoms with Crippen LogP contribution in [0.3, 0.4) is 0 Å². The second kappa shape index (κ2) is 2.92. The molecule has 0 aliphatic rings. The van der Waals surface area contributed by atoms with Crippen LogP contribution in [0.25, 0.3) is 12.8 Å². The van der Waals surface area contributed by atoms with E-state index in [1.165, 1.54) is 6.07 Å². The van der Waals surface area contributed by atoms with Gasteiger partial charge < -0.3 is 14.3 Å². The van der Waals surface area contributed by atoms with Gasteiger partial charge in [-0.2, -0.15) is 0 Å². The molecule has 0 aliphatic carbocycles. The van der Waals surface area contributed by atoms with Crippen molar-refractivity contribution in [3.8, 4) is 5.75 Å². The van der Waals surface area contributed by atoms with E-state index in [9.17, 15) is 4.79 Å². The van der Waals surface area contributed by atoms with Gasteiger partial charge in [-0.05, 0) is 0 Å². The van der Waals surface area contributed by atoms with Gasteiger partial charge >= 0.3 is 0 Å². The van der Waals surface area contributed by atoms with E-state index in [1.54, 1.807) is 0 Å². The summed E-state index contributed by atoms with van der Waals surface area (Å²) in [6, 6.07) is 1.30. The Morgan fingerprint density at radius 2 is 2.45 bits per heavy atom. The summed E-state index contributed by atoms with van der Waals surface area (Å²) in [5, 5.41) is 8.92. The van der Waals surface area contributed by atoms with E-state index in [-0.39, 0.29) is 23.1 Å². The molecule has 1 N–H and O–H groups in total. The largest absolute Gasteiger partial charge is 0.504 e. The molecule has 1 aromatic heterocycles. The van der Waals surface area contributed by atoms with Crippen molar-refractivity contribution in [3.63, 3.8) is 0 Å². The second-order valence-electron chi connectivity index (χ2n) is 1.81. The van der Waals surface area contributed by atoms with Crippen molar-refractivity contribution in [2.45, 2.75) is 0 Å². The lowest BCUT2D eigenvalue weighted by molar-refractivity contribution is -0.122. The minimum atomic E-state index is -0.0641. The molecule has 1 aromatic rings. The van der Waals surface area contributed by atoms with Crippen molar-refractivity contribution >= 4 is 19.3 Å². The van der Waals surface area contributed by atoms with E-state index in [0.717, 1.165) is 6.26 Å². The average molecular weight is 154 g/mol. The molecule has 0 unspecified atom stereocenters. The van der Waals surface area contributed by atoms with E-state index in [0.29, 0.717) is 0 Å². The maximum atomic E-state index is 9.70. The van der Waals surface area contributed by atoms with Gasteiger partial charge in [0.15, 0.2) is 16.6 Å². The van der Waals surface area contributed by atoms with E-state index >= 15 is 0 Å². The molecule has 0 saturated carbocycles. The van der Waals surface area contributed by atoms with E-state index < -0.39 is 0 Å². The van der Waals surface area contributed by atoms with Gasteiger partial charge in [0.2, 0.25) is 0 Å². The third-order valence-electron chi connectivity index (χ3n) is 1.05. The van der Waals surface area contributed by atoms with E-state index in [4.69, 9.17) is 9.52 Å². The molecule has 11 heavy (non-hydrogen) atoms. The molecule has 4 nitrogen and oxygen atoms in total. The summed E-state index contributed by atoms with van der Waals surface area (Å²) in [5.41, 5.74) is 0.394. The molecular formula is C7H6O4. The van der Waals surface area contributed by atoms with Gasteiger partial charge in [0.25, 0.3) is 6.47 Å². The van der Waals surface area contributed by atoms with Gasteiger partial charge in [0.1, 0.15) is 6.26 Å². The monoisotopic (exact) mass is 154 g/mol. The lowest BCUT2D eigenvalue weighted by atomic mass is 10.5. The van der Waals surface area contributed by atoms with Crippen LogP contribution in [0.2, 0.25) is 0 Å². The Labute approximate surface area is 62.0 Å². The summed E-state index contributed by atoms with van der Waals surface area (Å²) in [6.07, 6.45) is 1.07. The van der Waals surface area contributed by atoms with Crippen LogP contribution in [-0.4, -0.2) is 11.6 Å². The highest BCUT2D eigenvalue weighted by Crippen LogP contribution is 1.91. The van der Waals surface area contributed by atoms with Crippen LogP contribution in [0.15, 0.2) is 10.5 Å². The molecule has 0 atom stereocenters. The maximum absolute atomic E-state index is 9.70. The predicted octanol–water partition coefficient (Wildman–Crippen LogP) is -0.694. The molecule has 0 saturated heterocycles. The summed E-state index contributed by atoms with van der Waals surface area (Å²) in [7, 11) is 0. The number of carbonyl (C=O) groups excluding carboxylic acids is 1. The molecule has 0 amide bonds. The molecule has 0 fully saturated rings. The first-order valence-corrected chi connectivity index (χ1v) is 2.81. The fourth-order valence-corrected chi connectivity index (χ4v) is 0.592. The van der Waals surface area contributed by atoms with Gasteiger partial charge in [-0.15, -0.1) is 0 Å². The molecule has 1 rings (SSSR count). The Balaban J connectivity index is 3.06. The van der Waals surface area contributed by atoms with Gasteiger partial charge in [-0.1, -0.05) is 6.58 Å². The zero-order valence-electron chi connectivity index (χ0n) is 5.61. The number of ether oxygens (including phenoxy) is 1. The smallest absolute Gasteiger partial charge is 0.298 e. The highest BCUT2D eigenvalue weighted by Gasteiger charge is 1.93. The van der Waals surface area contributed by atoms with Crippen LogP contribution in [0, 0.1) is 0 Å². The molecular weight excluding hydrogens is 148 g/mol. The summed E-state index contributed by atoms with van der Waals surface area (Å²) in [6.45, 7) is 3.62. The Kier molecular flexibility index (Phi) is 1.96. The molecule has 0 aliphatic heterocycles. The van der Waals surface area contributed by atoms with Crippen LogP contribution in [0.5, 0.6) is 5.75 Å². The molecule has 0 spiro atoms. The number of aromatic hydroxyl groups is 1. The molecule has 0 bridgehead atoms. The predicted molar refractivity (Wildman–Crippen MR) is 36.8 cm³/mol. The van der Waals surface area contributed by atoms with Crippen molar-refractivity contribution in [2.75, 3.05) is 0 Å². The molecule has 0 aromatic carbocycles. The van der Waals surface area contributed by atoms with Crippen molar-refractivity contribution in [1.29, 1.82) is 0 Å². The lowest BCUT2D eigenvalue weighted by Gasteiger charge is -1.77. The number of hydrogen-bond acceptors (Lipinski definition) is 4. The lowest BCUT2D eigenvalue weighted by Crippen LogP contribution is -1.97. The fraction of sp³-hybridized carbons (Fsp3) is 0. The van der Waals surface area contributed by atoms with Gasteiger partial charge in [0, 0.05) is 6.07 Å². The average Bonchev–Trinajstić information content (AvgIpc) is 2.28. The Bertz CT molecular complexity index is 349. The minimum absolute atomic E-state index is 0.0641. The molecule has 4 heteroatoms. The first-order valence-electron chi connectivity index (χ1n) is 2.81. The summed E-state index contributed by atoms with van der Waals surface area (Å²) in [5.74, 6) is -0.0641. The van der Waals surface area contributed by atoms with Crippen LogP contribution in [-0.2, 0) is 9.53 Å². The first-order chi connectivity index (χ1) is 5.24. The third-order valence-corrected chi connectivity index (χ3v) is 1.05. The van der Waals surface area contributed by atoms with Gasteiger partial charge in [0.05, 0.1) is 0 Å². The van der Waals surface area contributed by atoms with Crippen LogP contribution < -0.4 is 10.8 Å². The number of furan rings is 1. The normalized spacial score (nSPS) is 11.5. The Morgan fingerprint density at radius 1 is 1.73 bits per heavy atom. The van der Waals surface area contributed by atoms with Gasteiger partial charge in [-0.25, -0.2) is 0 Å². The standard InChI is InChI=1S/C7H6O4/c1-5-7(9)2-6(11-5)3-10-4-8/h2-4,9H,1H2. The SMILES string of the molecule is C=c1oc(=COC=O)cc1O. The number of carbonyl (C=O) groups is 1. The molecule has 0 radical (unpaired) electrons. The van der Waals surface area contributed by atoms with E-state index in [2.05, 4.69) is 11.3 Å². The minimum Gasteiger partial charge on any atom is -0.504 e. The second-order valence-corrected chi connectivity index (χ2v) is 1.81. The Morgan fingerprint density at radius 3 is 2.91 bits per heavy atom. The van der Waals surface area contributed by atoms with Gasteiger partial charge in [-0.3, -0.25) is 4.79 Å². The van der Waals surface area contributed by atoms with E-state index in [1.807, 2.05) is 0 Å². The molecule has 58 valence electrons. The highest BCUT2D eigenvalue weighted by molar-refractivity contribution is 5.43. The van der Waals surface area contributed by atoms with Crippen molar-refractivity contribution < 1.29 is 19.1 Å². The van der Waals surface area contributed by atoms with Crippen molar-refractivity contribution in [3.05, 3.63) is 16.9 Å². The highest BCUT2D eigenvalue weighted by atomic mass is 16.5. The maximum Gasteiger partial charge on any atom is 0.298 e. The first kappa shape index (κ1) is 7.40. The van der Waals surface area contributed by atoms with Crippen molar-refractivity contribution in [1.82, 2.24) is 0 Å². The quantitative estimate of drug-likeness (QED) is 0.572. The Hall–Kier alpha value is -1.71. The topological polar surface area (TPSA) is 59.7 Å². The van der Waals surface area contributed by atoms with Crippen LogP contribution in [0.1, 0.15) is 0 Å². The summed E-state index contributed by atoms with van der Waals surface area (Å²) < 4.78 is 9.07.